The van der Waals surface area contributed by atoms with Gasteiger partial charge in [-0.25, -0.2) is 4.79 Å². The van der Waals surface area contributed by atoms with E-state index >= 15 is 0 Å². The van der Waals surface area contributed by atoms with Gasteiger partial charge in [0.25, 0.3) is 0 Å². The molecule has 5 nitrogen and oxygen atoms in total. The van der Waals surface area contributed by atoms with E-state index in [1.54, 1.807) is 0 Å². The van der Waals surface area contributed by atoms with Gasteiger partial charge < -0.3 is 15.7 Å². The van der Waals surface area contributed by atoms with Crippen molar-refractivity contribution in [3.8, 4) is 0 Å². The quantitative estimate of drug-likeness (QED) is 0.813. The summed E-state index contributed by atoms with van der Waals surface area (Å²) in [5.41, 5.74) is 5.61. The molecule has 0 saturated carbocycles. The first-order chi connectivity index (χ1) is 8.68. The summed E-state index contributed by atoms with van der Waals surface area (Å²) in [5, 5.41) is 9.32. The lowest BCUT2D eigenvalue weighted by molar-refractivity contribution is -0.154. The minimum Gasteiger partial charge on any atom is -0.480 e. The van der Waals surface area contributed by atoms with E-state index in [4.69, 9.17) is 5.73 Å². The molecule has 110 valence electrons. The molecule has 0 spiro atoms. The van der Waals surface area contributed by atoms with Crippen LogP contribution in [0.4, 0.5) is 0 Å². The summed E-state index contributed by atoms with van der Waals surface area (Å²) < 4.78 is 0. The zero-order chi connectivity index (χ0) is 14.8. The molecule has 19 heavy (non-hydrogen) atoms. The molecule has 0 aromatic heterocycles. The lowest BCUT2D eigenvalue weighted by Crippen LogP contribution is -2.57. The van der Waals surface area contributed by atoms with Crippen molar-refractivity contribution in [3.63, 3.8) is 0 Å². The van der Waals surface area contributed by atoms with Crippen LogP contribution in [0.5, 0.6) is 0 Å². The Balaban J connectivity index is 2.86. The molecular formula is C14H26N2O3. The lowest BCUT2D eigenvalue weighted by Gasteiger charge is -2.40. The number of carboxylic acid groups (broad SMARTS) is 1. The van der Waals surface area contributed by atoms with Gasteiger partial charge in [0.1, 0.15) is 6.04 Å². The molecule has 1 fully saturated rings. The van der Waals surface area contributed by atoms with E-state index in [-0.39, 0.29) is 11.3 Å². The number of hydrogen-bond acceptors (Lipinski definition) is 3. The van der Waals surface area contributed by atoms with E-state index in [1.807, 2.05) is 20.8 Å². The molecule has 0 aliphatic carbocycles. The van der Waals surface area contributed by atoms with Crippen LogP contribution in [-0.4, -0.2) is 40.5 Å². The molecular weight excluding hydrogens is 244 g/mol. The van der Waals surface area contributed by atoms with Crippen LogP contribution >= 0.6 is 0 Å². The topological polar surface area (TPSA) is 83.6 Å². The van der Waals surface area contributed by atoms with Gasteiger partial charge in [-0.05, 0) is 24.2 Å². The van der Waals surface area contributed by atoms with Gasteiger partial charge in [-0.3, -0.25) is 4.79 Å². The second-order valence-corrected chi connectivity index (χ2v) is 6.53. The van der Waals surface area contributed by atoms with Crippen molar-refractivity contribution >= 4 is 11.9 Å². The molecule has 3 unspecified atom stereocenters. The number of carbonyl (C=O) groups excluding carboxylic acids is 1. The van der Waals surface area contributed by atoms with Crippen LogP contribution in [0.3, 0.4) is 0 Å². The van der Waals surface area contributed by atoms with Crippen molar-refractivity contribution in [1.29, 1.82) is 0 Å². The van der Waals surface area contributed by atoms with E-state index < -0.39 is 18.1 Å². The van der Waals surface area contributed by atoms with Crippen LogP contribution < -0.4 is 5.73 Å². The van der Waals surface area contributed by atoms with Crippen LogP contribution in [0.15, 0.2) is 0 Å². The summed E-state index contributed by atoms with van der Waals surface area (Å²) in [7, 11) is 0. The van der Waals surface area contributed by atoms with E-state index in [2.05, 4.69) is 6.92 Å². The summed E-state index contributed by atoms with van der Waals surface area (Å²) in [6.45, 7) is 8.23. The van der Waals surface area contributed by atoms with E-state index in [9.17, 15) is 14.7 Å². The fourth-order valence-corrected chi connectivity index (χ4v) is 2.46. The molecule has 3 atom stereocenters. The highest BCUT2D eigenvalue weighted by Gasteiger charge is 2.40. The zero-order valence-corrected chi connectivity index (χ0v) is 12.3. The molecule has 1 amide bonds. The molecule has 1 saturated heterocycles. The Morgan fingerprint density at radius 1 is 1.42 bits per heavy atom. The number of carboxylic acids is 1. The summed E-state index contributed by atoms with van der Waals surface area (Å²) in [6, 6.07) is -1.38. The molecule has 0 radical (unpaired) electrons. The van der Waals surface area contributed by atoms with Crippen molar-refractivity contribution < 1.29 is 14.7 Å². The first kappa shape index (κ1) is 16.0. The van der Waals surface area contributed by atoms with Crippen molar-refractivity contribution in [2.45, 2.75) is 59.0 Å². The van der Waals surface area contributed by atoms with Crippen molar-refractivity contribution in [2.75, 3.05) is 6.54 Å². The first-order valence-electron chi connectivity index (χ1n) is 6.97. The number of likely N-dealkylation sites (tertiary alicyclic amines) is 1. The van der Waals surface area contributed by atoms with Crippen molar-refractivity contribution in [3.05, 3.63) is 0 Å². The fourth-order valence-electron chi connectivity index (χ4n) is 2.46. The van der Waals surface area contributed by atoms with Gasteiger partial charge in [0, 0.05) is 6.54 Å². The highest BCUT2D eigenvalue weighted by molar-refractivity contribution is 5.87. The summed E-state index contributed by atoms with van der Waals surface area (Å²) in [4.78, 5) is 25.2. The third-order valence-electron chi connectivity index (χ3n) is 4.06. The predicted molar refractivity (Wildman–Crippen MR) is 73.6 cm³/mol. The van der Waals surface area contributed by atoms with Crippen molar-refractivity contribution in [2.24, 2.45) is 17.1 Å². The average Bonchev–Trinajstić information content (AvgIpc) is 2.35. The number of rotatable bonds is 3. The Morgan fingerprint density at radius 3 is 2.42 bits per heavy atom. The van der Waals surface area contributed by atoms with Crippen LogP contribution in [0.2, 0.25) is 0 Å². The molecule has 0 bridgehead atoms. The molecule has 3 N–H and O–H groups in total. The number of carbonyl (C=O) groups is 2. The number of hydrogen-bond donors (Lipinski definition) is 2. The fraction of sp³-hybridized carbons (Fsp3) is 0.857. The minimum absolute atomic E-state index is 0.241. The number of amides is 1. The first-order valence-corrected chi connectivity index (χ1v) is 6.97. The molecule has 1 aliphatic rings. The Bertz CT molecular complexity index is 349. The molecule has 1 rings (SSSR count). The van der Waals surface area contributed by atoms with E-state index in [0.717, 1.165) is 12.8 Å². The van der Waals surface area contributed by atoms with E-state index in [0.29, 0.717) is 18.9 Å². The van der Waals surface area contributed by atoms with Crippen LogP contribution in [0, 0.1) is 11.3 Å². The maximum Gasteiger partial charge on any atom is 0.326 e. The van der Waals surface area contributed by atoms with Gasteiger partial charge in [0.15, 0.2) is 0 Å². The Hall–Kier alpha value is -1.10. The number of piperidine rings is 1. The van der Waals surface area contributed by atoms with Crippen LogP contribution in [-0.2, 0) is 9.59 Å². The monoisotopic (exact) mass is 270 g/mol. The second-order valence-electron chi connectivity index (χ2n) is 6.53. The van der Waals surface area contributed by atoms with Crippen molar-refractivity contribution in [1.82, 2.24) is 4.90 Å². The smallest absolute Gasteiger partial charge is 0.326 e. The van der Waals surface area contributed by atoms with Crippen LogP contribution in [0.25, 0.3) is 0 Å². The molecule has 1 heterocycles. The third kappa shape index (κ3) is 3.69. The lowest BCUT2D eigenvalue weighted by atomic mass is 9.84. The van der Waals surface area contributed by atoms with E-state index in [1.165, 1.54) is 4.90 Å². The molecule has 1 aliphatic heterocycles. The maximum atomic E-state index is 12.4. The summed E-state index contributed by atoms with van der Waals surface area (Å²) >= 11 is 0. The largest absolute Gasteiger partial charge is 0.480 e. The average molecular weight is 270 g/mol. The molecule has 0 aromatic rings. The second kappa shape index (κ2) is 5.90. The maximum absolute atomic E-state index is 12.4. The number of nitrogens with zero attached hydrogens (tertiary/aromatic N) is 1. The van der Waals surface area contributed by atoms with Gasteiger partial charge >= 0.3 is 5.97 Å². The third-order valence-corrected chi connectivity index (χ3v) is 4.06. The van der Waals surface area contributed by atoms with Gasteiger partial charge in [0.2, 0.25) is 5.91 Å². The highest BCUT2D eigenvalue weighted by Crippen LogP contribution is 2.28. The van der Waals surface area contributed by atoms with Gasteiger partial charge in [-0.2, -0.15) is 0 Å². The summed E-state index contributed by atoms with van der Waals surface area (Å²) in [6.07, 6.45) is 2.36. The Kier molecular flexibility index (Phi) is 4.96. The van der Waals surface area contributed by atoms with Gasteiger partial charge in [-0.15, -0.1) is 0 Å². The number of aliphatic carboxylic acids is 1. The Morgan fingerprint density at radius 2 is 2.00 bits per heavy atom. The predicted octanol–water partition coefficient (Wildman–Crippen LogP) is 1.46. The SMILES string of the molecule is CCC1CCN(C(=O)C(N)C(C)(C)C)C(C(=O)O)C1. The van der Waals surface area contributed by atoms with Gasteiger partial charge in [-0.1, -0.05) is 34.1 Å². The molecule has 5 heteroatoms. The highest BCUT2D eigenvalue weighted by atomic mass is 16.4. The number of nitrogens with two attached hydrogens (primary N) is 1. The standard InChI is InChI=1S/C14H26N2O3/c1-5-9-6-7-16(10(8-9)13(18)19)12(17)11(15)14(2,3)4/h9-11H,5-8,15H2,1-4H3,(H,18,19). The van der Waals surface area contributed by atoms with Crippen LogP contribution in [0.1, 0.15) is 47.0 Å². The normalized spacial score (nSPS) is 26.1. The summed E-state index contributed by atoms with van der Waals surface area (Å²) in [5.74, 6) is -0.780. The van der Waals surface area contributed by atoms with Gasteiger partial charge in [0.05, 0.1) is 6.04 Å². The zero-order valence-electron chi connectivity index (χ0n) is 12.3. The molecule has 0 aromatic carbocycles. The Labute approximate surface area is 115 Å². The minimum atomic E-state index is -0.924.